The van der Waals surface area contributed by atoms with Gasteiger partial charge in [-0.2, -0.15) is 0 Å². The fourth-order valence-electron chi connectivity index (χ4n) is 5.43. The number of amidine groups is 1. The summed E-state index contributed by atoms with van der Waals surface area (Å²) < 4.78 is 58.2. The van der Waals surface area contributed by atoms with Gasteiger partial charge in [-0.15, -0.1) is 18.3 Å². The summed E-state index contributed by atoms with van der Waals surface area (Å²) in [6.07, 6.45) is -5.09. The van der Waals surface area contributed by atoms with Crippen molar-refractivity contribution >= 4 is 22.6 Å². The Labute approximate surface area is 269 Å². The summed E-state index contributed by atoms with van der Waals surface area (Å²) in [4.78, 5) is 11.0. The number of nitrogens with zero attached hydrogens (tertiary/aromatic N) is 5. The quantitative estimate of drug-likeness (QED) is 0.135. The molecule has 1 aromatic heterocycles. The average Bonchev–Trinajstić information content (AvgIpc) is 3.51. The lowest BCUT2D eigenvalue weighted by Crippen LogP contribution is -2.41. The molecule has 13 heteroatoms. The number of aliphatic imine (C=N–C) groups is 1. The summed E-state index contributed by atoms with van der Waals surface area (Å²) >= 11 is 1.58. The molecule has 5 rings (SSSR count). The minimum absolute atomic E-state index is 0.320. The molecular weight excluding hydrogens is 620 g/mol. The SMILES string of the molecule is Cc1cccc(N2CCCSC2=NC(O)NC(C)C(F)c2ccc(-c3ncn(-c4ccc(OC(F)(F)F)cc4)n3)cc2)c1C(C)C. The van der Waals surface area contributed by atoms with E-state index in [1.165, 1.54) is 46.4 Å². The smallest absolute Gasteiger partial charge is 0.406 e. The van der Waals surface area contributed by atoms with Crippen molar-refractivity contribution in [1.29, 1.82) is 0 Å². The maximum Gasteiger partial charge on any atom is 0.573 e. The highest BCUT2D eigenvalue weighted by Crippen LogP contribution is 2.34. The Morgan fingerprint density at radius 3 is 2.41 bits per heavy atom. The van der Waals surface area contributed by atoms with Crippen LogP contribution in [-0.4, -0.2) is 56.1 Å². The van der Waals surface area contributed by atoms with E-state index in [4.69, 9.17) is 0 Å². The Morgan fingerprint density at radius 2 is 1.74 bits per heavy atom. The molecule has 46 heavy (non-hydrogen) atoms. The van der Waals surface area contributed by atoms with Crippen LogP contribution < -0.4 is 15.0 Å². The van der Waals surface area contributed by atoms with E-state index < -0.39 is 24.9 Å². The Balaban J connectivity index is 1.23. The van der Waals surface area contributed by atoms with Crippen molar-refractivity contribution in [1.82, 2.24) is 20.1 Å². The number of alkyl halides is 4. The topological polar surface area (TPSA) is 87.8 Å². The minimum Gasteiger partial charge on any atom is -0.406 e. The van der Waals surface area contributed by atoms with E-state index in [0.29, 0.717) is 33.7 Å². The van der Waals surface area contributed by atoms with Crippen molar-refractivity contribution in [2.75, 3.05) is 17.2 Å². The Hall–Kier alpha value is -3.94. The van der Waals surface area contributed by atoms with Gasteiger partial charge in [0.1, 0.15) is 18.2 Å². The van der Waals surface area contributed by atoms with Gasteiger partial charge in [0, 0.05) is 29.6 Å². The molecule has 244 valence electrons. The lowest BCUT2D eigenvalue weighted by atomic mass is 9.95. The van der Waals surface area contributed by atoms with E-state index in [2.05, 4.69) is 62.9 Å². The van der Waals surface area contributed by atoms with Gasteiger partial charge in [0.25, 0.3) is 0 Å². The van der Waals surface area contributed by atoms with Crippen LogP contribution in [0.2, 0.25) is 0 Å². The standard InChI is InChI=1S/C33H36F4N6O2S/c1-20(2)28-21(3)7-5-8-27(28)42-17-6-18-46-32(42)40-31(44)39-22(4)29(34)23-9-11-24(12-10-23)30-38-19-43(41-30)25-13-15-26(16-14-25)45-33(35,36)37/h5,7-16,19-20,22,29,31,39,44H,6,17-18H2,1-4H3. The van der Waals surface area contributed by atoms with Gasteiger partial charge < -0.3 is 14.7 Å². The minimum atomic E-state index is -4.77. The summed E-state index contributed by atoms with van der Waals surface area (Å²) in [5, 5.41) is 18.8. The van der Waals surface area contributed by atoms with Crippen LogP contribution in [0.1, 0.15) is 56.0 Å². The van der Waals surface area contributed by atoms with Gasteiger partial charge in [0.15, 0.2) is 11.0 Å². The van der Waals surface area contributed by atoms with Crippen molar-refractivity contribution in [3.05, 3.63) is 89.7 Å². The molecule has 1 aliphatic heterocycles. The zero-order valence-electron chi connectivity index (χ0n) is 25.9. The summed E-state index contributed by atoms with van der Waals surface area (Å²) in [5.74, 6) is 1.22. The molecule has 4 aromatic rings. The number of aryl methyl sites for hydroxylation is 1. The van der Waals surface area contributed by atoms with E-state index >= 15 is 4.39 Å². The number of benzene rings is 3. The van der Waals surface area contributed by atoms with Crippen molar-refractivity contribution < 1.29 is 27.4 Å². The third-order valence-electron chi connectivity index (χ3n) is 7.56. The van der Waals surface area contributed by atoms with Crippen LogP contribution in [0.15, 0.2) is 78.0 Å². The van der Waals surface area contributed by atoms with E-state index in [1.807, 2.05) is 6.07 Å². The average molecular weight is 657 g/mol. The highest BCUT2D eigenvalue weighted by molar-refractivity contribution is 8.14. The molecule has 0 bridgehead atoms. The molecule has 1 fully saturated rings. The highest BCUT2D eigenvalue weighted by Gasteiger charge is 2.31. The van der Waals surface area contributed by atoms with Gasteiger partial charge in [-0.05, 0) is 73.2 Å². The first-order valence-corrected chi connectivity index (χ1v) is 15.9. The first-order chi connectivity index (χ1) is 21.9. The maximum absolute atomic E-state index is 15.5. The molecule has 0 amide bonds. The van der Waals surface area contributed by atoms with Crippen LogP contribution in [0, 0.1) is 6.92 Å². The van der Waals surface area contributed by atoms with E-state index in [9.17, 15) is 18.3 Å². The number of rotatable bonds is 10. The van der Waals surface area contributed by atoms with Crippen LogP contribution in [0.4, 0.5) is 23.2 Å². The number of hydrogen-bond acceptors (Lipinski definition) is 7. The molecule has 2 heterocycles. The molecule has 0 radical (unpaired) electrons. The van der Waals surface area contributed by atoms with Crippen molar-refractivity contribution in [2.45, 2.75) is 65.0 Å². The van der Waals surface area contributed by atoms with E-state index in [1.54, 1.807) is 43.0 Å². The summed E-state index contributed by atoms with van der Waals surface area (Å²) in [6.45, 7) is 8.87. The molecule has 0 aliphatic carbocycles. The number of thioether (sulfide) groups is 1. The molecule has 3 atom stereocenters. The second kappa shape index (κ2) is 14.2. The predicted octanol–water partition coefficient (Wildman–Crippen LogP) is 7.53. The van der Waals surface area contributed by atoms with Crippen LogP contribution >= 0.6 is 11.8 Å². The van der Waals surface area contributed by atoms with E-state index in [-0.39, 0.29) is 5.75 Å². The summed E-state index contributed by atoms with van der Waals surface area (Å²) in [6, 6.07) is 17.3. The van der Waals surface area contributed by atoms with Crippen LogP contribution in [-0.2, 0) is 0 Å². The number of aliphatic hydroxyl groups excluding tert-OH is 1. The molecule has 8 nitrogen and oxygen atoms in total. The Kier molecular flexibility index (Phi) is 10.3. The van der Waals surface area contributed by atoms with Crippen LogP contribution in [0.25, 0.3) is 17.1 Å². The second-order valence-corrected chi connectivity index (χ2v) is 12.4. The molecular formula is C33H36F4N6O2S. The first kappa shape index (κ1) is 33.4. The Morgan fingerprint density at radius 1 is 1.02 bits per heavy atom. The fourth-order valence-corrected chi connectivity index (χ4v) is 6.40. The number of ether oxygens (including phenoxy) is 1. The van der Waals surface area contributed by atoms with Crippen LogP contribution in [0.5, 0.6) is 5.75 Å². The van der Waals surface area contributed by atoms with Crippen LogP contribution in [0.3, 0.4) is 0 Å². The zero-order valence-corrected chi connectivity index (χ0v) is 26.7. The third-order valence-corrected chi connectivity index (χ3v) is 8.63. The number of aliphatic hydroxyl groups is 1. The number of aromatic nitrogens is 3. The number of nitrogens with one attached hydrogen (secondary N) is 1. The molecule has 3 unspecified atom stereocenters. The normalized spacial score (nSPS) is 16.9. The molecule has 1 saturated heterocycles. The monoisotopic (exact) mass is 656 g/mol. The third kappa shape index (κ3) is 8.06. The van der Waals surface area contributed by atoms with Gasteiger partial charge in [-0.3, -0.25) is 5.32 Å². The van der Waals surface area contributed by atoms with Gasteiger partial charge >= 0.3 is 6.36 Å². The lowest BCUT2D eigenvalue weighted by Gasteiger charge is -2.33. The molecule has 2 N–H and O–H groups in total. The van der Waals surface area contributed by atoms with E-state index in [0.717, 1.165) is 24.4 Å². The van der Waals surface area contributed by atoms with Crippen molar-refractivity contribution in [3.63, 3.8) is 0 Å². The van der Waals surface area contributed by atoms with Crippen molar-refractivity contribution in [3.8, 4) is 22.8 Å². The molecule has 0 saturated carbocycles. The second-order valence-electron chi connectivity index (χ2n) is 11.3. The number of hydrogen-bond donors (Lipinski definition) is 2. The lowest BCUT2D eigenvalue weighted by molar-refractivity contribution is -0.274. The zero-order chi connectivity index (χ0) is 33.0. The molecule has 0 spiro atoms. The Bertz CT molecular complexity index is 1640. The van der Waals surface area contributed by atoms with Gasteiger partial charge in [-0.1, -0.05) is 62.0 Å². The fraction of sp³-hybridized carbons (Fsp3) is 0.364. The van der Waals surface area contributed by atoms with Gasteiger partial charge in [0.05, 0.1) is 5.69 Å². The molecule has 1 aliphatic rings. The number of anilines is 1. The predicted molar refractivity (Wildman–Crippen MR) is 173 cm³/mol. The summed E-state index contributed by atoms with van der Waals surface area (Å²) in [5.41, 5.74) is 5.06. The maximum atomic E-state index is 15.5. The van der Waals surface area contributed by atoms with Gasteiger partial charge in [-0.25, -0.2) is 19.0 Å². The largest absolute Gasteiger partial charge is 0.573 e. The summed E-state index contributed by atoms with van der Waals surface area (Å²) in [7, 11) is 0. The van der Waals surface area contributed by atoms with Gasteiger partial charge in [0.2, 0.25) is 6.35 Å². The number of halogens is 4. The molecule has 3 aromatic carbocycles. The first-order valence-electron chi connectivity index (χ1n) is 14.9. The highest BCUT2D eigenvalue weighted by atomic mass is 32.2. The van der Waals surface area contributed by atoms with Crippen molar-refractivity contribution in [2.24, 2.45) is 4.99 Å².